The third-order valence-electron chi connectivity index (χ3n) is 5.01. The van der Waals surface area contributed by atoms with Gasteiger partial charge in [-0.05, 0) is 29.7 Å². The molecule has 3 heteroatoms. The first-order chi connectivity index (χ1) is 9.55. The Labute approximate surface area is 128 Å². The molecule has 0 amide bonds. The molecular weight excluding hydrogens is 264 g/mol. The van der Waals surface area contributed by atoms with E-state index in [4.69, 9.17) is 5.73 Å². The number of nitrogens with zero attached hydrogens (tertiary/aromatic N) is 1. The lowest BCUT2D eigenvalue weighted by atomic mass is 9.69. The number of benzene rings is 1. The molecule has 1 heterocycles. The fraction of sp³-hybridized carbons (Fsp3) is 0.647. The predicted molar refractivity (Wildman–Crippen MR) is 90.0 cm³/mol. The van der Waals surface area contributed by atoms with Gasteiger partial charge in [-0.15, -0.1) is 0 Å². The van der Waals surface area contributed by atoms with E-state index >= 15 is 0 Å². The van der Waals surface area contributed by atoms with Gasteiger partial charge in [0.05, 0.1) is 0 Å². The summed E-state index contributed by atoms with van der Waals surface area (Å²) in [6.07, 6.45) is 1.25. The van der Waals surface area contributed by atoms with Gasteiger partial charge < -0.3 is 5.73 Å². The Hall–Kier alpha value is -0.510. The molecule has 0 saturated carbocycles. The molecular formula is C17H28N2S. The average molecular weight is 292 g/mol. The highest BCUT2D eigenvalue weighted by molar-refractivity contribution is 7.99. The van der Waals surface area contributed by atoms with Crippen molar-refractivity contribution in [2.45, 2.75) is 39.3 Å². The smallest absolute Gasteiger partial charge is 0.0476 e. The van der Waals surface area contributed by atoms with E-state index in [2.05, 4.69) is 67.8 Å². The summed E-state index contributed by atoms with van der Waals surface area (Å²) in [6.45, 7) is 9.85. The summed E-state index contributed by atoms with van der Waals surface area (Å²) < 4.78 is 0. The van der Waals surface area contributed by atoms with Gasteiger partial charge in [-0.2, -0.15) is 11.8 Å². The first-order valence-electron chi connectivity index (χ1n) is 7.62. The molecule has 1 aliphatic rings. The van der Waals surface area contributed by atoms with Crippen LogP contribution in [-0.2, 0) is 6.54 Å². The summed E-state index contributed by atoms with van der Waals surface area (Å²) in [6, 6.07) is 10.8. The van der Waals surface area contributed by atoms with E-state index in [1.807, 2.05) is 0 Å². The van der Waals surface area contributed by atoms with Gasteiger partial charge in [-0.25, -0.2) is 0 Å². The van der Waals surface area contributed by atoms with Gasteiger partial charge in [0.25, 0.3) is 0 Å². The zero-order chi connectivity index (χ0) is 14.6. The van der Waals surface area contributed by atoms with Crippen LogP contribution in [0.4, 0.5) is 0 Å². The molecule has 1 atom stereocenters. The summed E-state index contributed by atoms with van der Waals surface area (Å²) >= 11 is 2.06. The van der Waals surface area contributed by atoms with Crippen LogP contribution in [0.25, 0.3) is 0 Å². The highest BCUT2D eigenvalue weighted by Crippen LogP contribution is 2.45. The third-order valence-corrected chi connectivity index (χ3v) is 6.19. The van der Waals surface area contributed by atoms with Crippen molar-refractivity contribution in [3.05, 3.63) is 35.9 Å². The van der Waals surface area contributed by atoms with E-state index in [1.165, 1.54) is 17.7 Å². The number of hydrogen-bond donors (Lipinski definition) is 1. The SMILES string of the molecule is CCN(Cc1ccccc1)C1(CN)CSCCC1(C)C. The highest BCUT2D eigenvalue weighted by atomic mass is 32.2. The largest absolute Gasteiger partial charge is 0.329 e. The molecule has 2 rings (SSSR count). The van der Waals surface area contributed by atoms with Crippen molar-refractivity contribution < 1.29 is 0 Å². The number of rotatable bonds is 5. The van der Waals surface area contributed by atoms with Crippen LogP contribution in [-0.4, -0.2) is 35.0 Å². The van der Waals surface area contributed by atoms with Crippen molar-refractivity contribution in [3.63, 3.8) is 0 Å². The Balaban J connectivity index is 2.27. The molecule has 1 aromatic carbocycles. The molecule has 0 bridgehead atoms. The minimum absolute atomic E-state index is 0.112. The first kappa shape index (κ1) is 15.9. The molecule has 0 aromatic heterocycles. The van der Waals surface area contributed by atoms with Gasteiger partial charge in [-0.1, -0.05) is 51.1 Å². The van der Waals surface area contributed by atoms with Crippen molar-refractivity contribution in [2.24, 2.45) is 11.1 Å². The maximum absolute atomic E-state index is 6.29. The minimum Gasteiger partial charge on any atom is -0.329 e. The van der Waals surface area contributed by atoms with E-state index in [9.17, 15) is 0 Å². The van der Waals surface area contributed by atoms with Gasteiger partial charge >= 0.3 is 0 Å². The zero-order valence-corrected chi connectivity index (χ0v) is 13.9. The molecule has 1 aromatic rings. The molecule has 1 unspecified atom stereocenters. The molecule has 0 spiro atoms. The Morgan fingerprint density at radius 3 is 2.50 bits per heavy atom. The van der Waals surface area contributed by atoms with Gasteiger partial charge in [-0.3, -0.25) is 4.90 Å². The van der Waals surface area contributed by atoms with Crippen molar-refractivity contribution in [3.8, 4) is 0 Å². The predicted octanol–water partition coefficient (Wildman–Crippen LogP) is 3.37. The fourth-order valence-electron chi connectivity index (χ4n) is 3.35. The van der Waals surface area contributed by atoms with Crippen LogP contribution >= 0.6 is 11.8 Å². The average Bonchev–Trinajstić information content (AvgIpc) is 2.46. The fourth-order valence-corrected chi connectivity index (χ4v) is 5.18. The number of thioether (sulfide) groups is 1. The van der Waals surface area contributed by atoms with Crippen molar-refractivity contribution in [1.82, 2.24) is 4.90 Å². The second-order valence-corrected chi connectivity index (χ2v) is 7.53. The number of hydrogen-bond acceptors (Lipinski definition) is 3. The van der Waals surface area contributed by atoms with Gasteiger partial charge in [0, 0.05) is 24.4 Å². The van der Waals surface area contributed by atoms with Crippen LogP contribution in [0.3, 0.4) is 0 Å². The second kappa shape index (κ2) is 6.50. The molecule has 20 heavy (non-hydrogen) atoms. The molecule has 1 aliphatic heterocycles. The monoisotopic (exact) mass is 292 g/mol. The molecule has 0 radical (unpaired) electrons. The van der Waals surface area contributed by atoms with Crippen LogP contribution in [0, 0.1) is 5.41 Å². The summed E-state index contributed by atoms with van der Waals surface area (Å²) in [5, 5.41) is 0. The number of likely N-dealkylation sites (N-methyl/N-ethyl adjacent to an activating group) is 1. The third kappa shape index (κ3) is 2.90. The van der Waals surface area contributed by atoms with E-state index in [0.29, 0.717) is 0 Å². The maximum atomic E-state index is 6.29. The standard InChI is InChI=1S/C17H28N2S/c1-4-19(12-15-8-6-5-7-9-15)17(13-18)14-20-11-10-16(17,2)3/h5-9H,4,10-14,18H2,1-3H3. The number of nitrogens with two attached hydrogens (primary N) is 1. The van der Waals surface area contributed by atoms with Crippen molar-refractivity contribution >= 4 is 11.8 Å². The molecule has 1 fully saturated rings. The summed E-state index contributed by atoms with van der Waals surface area (Å²) in [5.41, 5.74) is 8.06. The lowest BCUT2D eigenvalue weighted by Crippen LogP contribution is -2.65. The molecule has 112 valence electrons. The summed E-state index contributed by atoms with van der Waals surface area (Å²) in [5.74, 6) is 2.41. The van der Waals surface area contributed by atoms with E-state index in [-0.39, 0.29) is 11.0 Å². The minimum atomic E-state index is 0.112. The molecule has 0 aliphatic carbocycles. The van der Waals surface area contributed by atoms with Crippen molar-refractivity contribution in [2.75, 3.05) is 24.6 Å². The van der Waals surface area contributed by atoms with Crippen LogP contribution in [0.2, 0.25) is 0 Å². The van der Waals surface area contributed by atoms with Crippen LogP contribution in [0.1, 0.15) is 32.8 Å². The maximum Gasteiger partial charge on any atom is 0.0476 e. The van der Waals surface area contributed by atoms with Gasteiger partial charge in [0.15, 0.2) is 0 Å². The van der Waals surface area contributed by atoms with Crippen molar-refractivity contribution in [1.29, 1.82) is 0 Å². The second-order valence-electron chi connectivity index (χ2n) is 6.42. The van der Waals surface area contributed by atoms with Crippen LogP contribution in [0.5, 0.6) is 0 Å². The van der Waals surface area contributed by atoms with E-state index in [0.717, 1.165) is 25.4 Å². The van der Waals surface area contributed by atoms with E-state index in [1.54, 1.807) is 0 Å². The quantitative estimate of drug-likeness (QED) is 0.902. The lowest BCUT2D eigenvalue weighted by Gasteiger charge is -2.55. The Morgan fingerprint density at radius 1 is 1.25 bits per heavy atom. The molecule has 2 N–H and O–H groups in total. The molecule has 1 saturated heterocycles. The van der Waals surface area contributed by atoms with Crippen LogP contribution < -0.4 is 5.73 Å². The Kier molecular flexibility index (Phi) is 5.16. The zero-order valence-electron chi connectivity index (χ0n) is 13.1. The van der Waals surface area contributed by atoms with Crippen LogP contribution in [0.15, 0.2) is 30.3 Å². The Morgan fingerprint density at radius 2 is 1.95 bits per heavy atom. The van der Waals surface area contributed by atoms with Gasteiger partial charge in [0.1, 0.15) is 0 Å². The lowest BCUT2D eigenvalue weighted by molar-refractivity contribution is -0.00118. The summed E-state index contributed by atoms with van der Waals surface area (Å²) in [7, 11) is 0. The summed E-state index contributed by atoms with van der Waals surface area (Å²) in [4.78, 5) is 2.61. The first-order valence-corrected chi connectivity index (χ1v) is 8.78. The normalized spacial score (nSPS) is 25.9. The Bertz CT molecular complexity index is 418. The van der Waals surface area contributed by atoms with E-state index < -0.39 is 0 Å². The molecule has 2 nitrogen and oxygen atoms in total. The topological polar surface area (TPSA) is 29.3 Å². The van der Waals surface area contributed by atoms with Gasteiger partial charge in [0.2, 0.25) is 0 Å². The highest BCUT2D eigenvalue weighted by Gasteiger charge is 2.49.